The lowest BCUT2D eigenvalue weighted by molar-refractivity contribution is -0.121. The van der Waals surface area contributed by atoms with Crippen molar-refractivity contribution in [3.8, 4) is 6.07 Å². The number of rotatable bonds is 5. The number of benzene rings is 2. The number of thiophene rings is 1. The van der Waals surface area contributed by atoms with Crippen molar-refractivity contribution in [1.82, 2.24) is 4.90 Å². The summed E-state index contributed by atoms with van der Waals surface area (Å²) in [6, 6.07) is 20.7. The first kappa shape index (κ1) is 22.1. The minimum Gasteiger partial charge on any atom is -0.338 e. The maximum atomic E-state index is 12.8. The lowest BCUT2D eigenvalue weighted by atomic mass is 9.92. The lowest BCUT2D eigenvalue weighted by Gasteiger charge is -2.31. The fourth-order valence-corrected chi connectivity index (χ4v) is 4.93. The zero-order valence-electron chi connectivity index (χ0n) is 17.3. The van der Waals surface area contributed by atoms with E-state index in [1.54, 1.807) is 18.2 Å². The zero-order valence-corrected chi connectivity index (χ0v) is 18.9. The third-order valence-corrected chi connectivity index (χ3v) is 6.91. The SMILES string of the molecule is N#CC(c1ccccc1)c1ccc(NC(=O)C2CCN(C(=O)c3cccs3)CC2)cc1Cl. The number of nitriles is 1. The van der Waals surface area contributed by atoms with E-state index in [1.165, 1.54) is 11.3 Å². The molecule has 2 amide bonds. The Hall–Kier alpha value is -3.14. The molecule has 0 radical (unpaired) electrons. The van der Waals surface area contributed by atoms with Gasteiger partial charge in [0.1, 0.15) is 0 Å². The van der Waals surface area contributed by atoms with E-state index in [9.17, 15) is 14.9 Å². The van der Waals surface area contributed by atoms with Gasteiger partial charge in [-0.15, -0.1) is 11.3 Å². The molecule has 3 aromatic rings. The average Bonchev–Trinajstić information content (AvgIpc) is 3.36. The topological polar surface area (TPSA) is 73.2 Å². The van der Waals surface area contributed by atoms with Crippen molar-refractivity contribution in [3.63, 3.8) is 0 Å². The minimum atomic E-state index is -0.473. The van der Waals surface area contributed by atoms with Crippen molar-refractivity contribution < 1.29 is 9.59 Å². The number of likely N-dealkylation sites (tertiary alicyclic amines) is 1. The smallest absolute Gasteiger partial charge is 0.263 e. The van der Waals surface area contributed by atoms with E-state index in [1.807, 2.05) is 52.7 Å². The van der Waals surface area contributed by atoms with Crippen LogP contribution in [0.5, 0.6) is 0 Å². The third kappa shape index (κ3) is 4.85. The van der Waals surface area contributed by atoms with Crippen LogP contribution >= 0.6 is 22.9 Å². The summed E-state index contributed by atoms with van der Waals surface area (Å²) in [5.74, 6) is -0.667. The second-order valence-corrected chi connectivity index (χ2v) is 9.10. The Morgan fingerprint density at radius 1 is 1.09 bits per heavy atom. The summed E-state index contributed by atoms with van der Waals surface area (Å²) < 4.78 is 0. The summed E-state index contributed by atoms with van der Waals surface area (Å²) in [6.07, 6.45) is 1.25. The van der Waals surface area contributed by atoms with Crippen LogP contribution in [0, 0.1) is 17.2 Å². The molecule has 32 heavy (non-hydrogen) atoms. The Balaban J connectivity index is 1.37. The van der Waals surface area contributed by atoms with Gasteiger partial charge in [-0.05, 0) is 47.5 Å². The van der Waals surface area contributed by atoms with Crippen molar-refractivity contribution in [2.24, 2.45) is 5.92 Å². The second kappa shape index (κ2) is 9.99. The predicted octanol–water partition coefficient (Wildman–Crippen LogP) is 5.55. The number of halogens is 1. The normalized spacial score (nSPS) is 15.1. The highest BCUT2D eigenvalue weighted by Crippen LogP contribution is 2.32. The van der Waals surface area contributed by atoms with Gasteiger partial charge in [0.15, 0.2) is 0 Å². The molecule has 1 aliphatic rings. The summed E-state index contributed by atoms with van der Waals surface area (Å²) in [5, 5.41) is 14.9. The van der Waals surface area contributed by atoms with E-state index in [0.29, 0.717) is 42.2 Å². The molecule has 1 saturated heterocycles. The van der Waals surface area contributed by atoms with Gasteiger partial charge in [-0.3, -0.25) is 9.59 Å². The number of amides is 2. The van der Waals surface area contributed by atoms with E-state index < -0.39 is 5.92 Å². The third-order valence-electron chi connectivity index (χ3n) is 5.73. The summed E-state index contributed by atoms with van der Waals surface area (Å²) in [5.41, 5.74) is 2.18. The number of hydrogen-bond donors (Lipinski definition) is 1. The first-order valence-electron chi connectivity index (χ1n) is 10.4. The molecule has 2 heterocycles. The number of carbonyl (C=O) groups excluding carboxylic acids is 2. The average molecular weight is 464 g/mol. The number of hydrogen-bond acceptors (Lipinski definition) is 4. The van der Waals surface area contributed by atoms with Gasteiger partial charge >= 0.3 is 0 Å². The second-order valence-electron chi connectivity index (χ2n) is 7.74. The van der Waals surface area contributed by atoms with Crippen LogP contribution in [0.2, 0.25) is 5.02 Å². The van der Waals surface area contributed by atoms with E-state index in [0.717, 1.165) is 10.4 Å². The molecular formula is C25H22ClN3O2S. The molecule has 2 aromatic carbocycles. The maximum Gasteiger partial charge on any atom is 0.263 e. The first-order chi connectivity index (χ1) is 15.6. The molecule has 0 saturated carbocycles. The molecule has 0 aliphatic carbocycles. The highest BCUT2D eigenvalue weighted by Gasteiger charge is 2.28. The molecule has 1 aromatic heterocycles. The van der Waals surface area contributed by atoms with Crippen LogP contribution < -0.4 is 5.32 Å². The summed E-state index contributed by atoms with van der Waals surface area (Å²) in [4.78, 5) is 27.8. The van der Waals surface area contributed by atoms with Crippen LogP contribution in [0.15, 0.2) is 66.0 Å². The predicted molar refractivity (Wildman–Crippen MR) is 127 cm³/mol. The maximum absolute atomic E-state index is 12.8. The van der Waals surface area contributed by atoms with Crippen LogP contribution in [0.4, 0.5) is 5.69 Å². The molecule has 1 unspecified atom stereocenters. The number of nitrogens with zero attached hydrogens (tertiary/aromatic N) is 2. The molecule has 162 valence electrons. The molecule has 0 bridgehead atoms. The molecule has 1 N–H and O–H groups in total. The van der Waals surface area contributed by atoms with Gasteiger partial charge in [0.05, 0.1) is 16.9 Å². The fourth-order valence-electron chi connectivity index (χ4n) is 3.95. The zero-order chi connectivity index (χ0) is 22.5. The van der Waals surface area contributed by atoms with E-state index >= 15 is 0 Å². The molecule has 1 aliphatic heterocycles. The molecule has 0 spiro atoms. The molecule has 4 rings (SSSR count). The molecule has 7 heteroatoms. The summed E-state index contributed by atoms with van der Waals surface area (Å²) in [6.45, 7) is 1.13. The lowest BCUT2D eigenvalue weighted by Crippen LogP contribution is -2.41. The van der Waals surface area contributed by atoms with Gasteiger partial charge in [-0.25, -0.2) is 0 Å². The van der Waals surface area contributed by atoms with Gasteiger partial charge in [-0.1, -0.05) is 54.1 Å². The largest absolute Gasteiger partial charge is 0.338 e. The standard InChI is InChI=1S/C25H22ClN3O2S/c26-22-15-19(8-9-20(22)21(16-27)17-5-2-1-3-6-17)28-24(30)18-10-12-29(13-11-18)25(31)23-7-4-14-32-23/h1-9,14-15,18,21H,10-13H2,(H,28,30). The Labute approximate surface area is 196 Å². The Morgan fingerprint density at radius 3 is 2.47 bits per heavy atom. The van der Waals surface area contributed by atoms with Crippen molar-refractivity contribution in [3.05, 3.63) is 87.1 Å². The number of nitrogens with one attached hydrogen (secondary N) is 1. The first-order valence-corrected chi connectivity index (χ1v) is 11.7. The van der Waals surface area contributed by atoms with Gasteiger partial charge in [0.25, 0.3) is 5.91 Å². The van der Waals surface area contributed by atoms with Crippen LogP contribution in [0.1, 0.15) is 39.6 Å². The van der Waals surface area contributed by atoms with Crippen molar-refractivity contribution in [1.29, 1.82) is 5.26 Å². The number of anilines is 1. The van der Waals surface area contributed by atoms with Crippen molar-refractivity contribution in [2.75, 3.05) is 18.4 Å². The number of carbonyl (C=O) groups is 2. The molecule has 1 atom stereocenters. The van der Waals surface area contributed by atoms with Crippen LogP contribution in [0.3, 0.4) is 0 Å². The number of piperidine rings is 1. The van der Waals surface area contributed by atoms with Crippen LogP contribution in [0.25, 0.3) is 0 Å². The Kier molecular flexibility index (Phi) is 6.89. The van der Waals surface area contributed by atoms with Crippen molar-refractivity contribution >= 4 is 40.4 Å². The Bertz CT molecular complexity index is 1130. The van der Waals surface area contributed by atoms with Gasteiger partial charge in [-0.2, -0.15) is 5.26 Å². The fraction of sp³-hybridized carbons (Fsp3) is 0.240. The molecule has 5 nitrogen and oxygen atoms in total. The van der Waals surface area contributed by atoms with Gasteiger partial charge in [0, 0.05) is 29.7 Å². The van der Waals surface area contributed by atoms with E-state index in [2.05, 4.69) is 11.4 Å². The van der Waals surface area contributed by atoms with E-state index in [4.69, 9.17) is 11.6 Å². The summed E-state index contributed by atoms with van der Waals surface area (Å²) >= 11 is 7.91. The Morgan fingerprint density at radius 2 is 1.84 bits per heavy atom. The highest BCUT2D eigenvalue weighted by molar-refractivity contribution is 7.12. The van der Waals surface area contributed by atoms with Gasteiger partial charge in [0.2, 0.25) is 5.91 Å². The van der Waals surface area contributed by atoms with Crippen molar-refractivity contribution in [2.45, 2.75) is 18.8 Å². The highest BCUT2D eigenvalue weighted by atomic mass is 35.5. The van der Waals surface area contributed by atoms with E-state index in [-0.39, 0.29) is 17.7 Å². The molecular weight excluding hydrogens is 442 g/mol. The van der Waals surface area contributed by atoms with Gasteiger partial charge < -0.3 is 10.2 Å². The molecule has 1 fully saturated rings. The minimum absolute atomic E-state index is 0.0340. The quantitative estimate of drug-likeness (QED) is 0.539. The summed E-state index contributed by atoms with van der Waals surface area (Å²) in [7, 11) is 0. The van der Waals surface area contributed by atoms with Crippen LogP contribution in [-0.4, -0.2) is 29.8 Å². The van der Waals surface area contributed by atoms with Crippen LogP contribution in [-0.2, 0) is 4.79 Å². The monoisotopic (exact) mass is 463 g/mol.